The fourth-order valence-corrected chi connectivity index (χ4v) is 1.83. The number of carbonyl (C=O) groups is 2. The molecule has 2 rings (SSSR count). The number of esters is 1. The predicted octanol–water partition coefficient (Wildman–Crippen LogP) is 1.31. The topological polar surface area (TPSA) is 58.6 Å². The van der Waals surface area contributed by atoms with Crippen LogP contribution in [0.15, 0.2) is 42.5 Å². The van der Waals surface area contributed by atoms with Crippen molar-refractivity contribution in [2.24, 2.45) is 0 Å². The number of hydrogen-bond acceptors (Lipinski definition) is 3. The van der Waals surface area contributed by atoms with E-state index in [-0.39, 0.29) is 12.1 Å². The second kappa shape index (κ2) is 5.35. The van der Waals surface area contributed by atoms with E-state index in [1.807, 2.05) is 30.3 Å². The van der Waals surface area contributed by atoms with Gasteiger partial charge in [-0.05, 0) is 12.1 Å². The van der Waals surface area contributed by atoms with Crippen molar-refractivity contribution >= 4 is 17.7 Å². The molecule has 0 spiro atoms. The number of hydrogen-bond donors (Lipinski definition) is 1. The van der Waals surface area contributed by atoms with E-state index in [1.165, 1.54) is 13.2 Å². The summed E-state index contributed by atoms with van der Waals surface area (Å²) in [6.07, 6.45) is 3.00. The third kappa shape index (κ3) is 2.51. The fraction of sp³-hybridized carbons (Fsp3) is 0.231. The third-order valence-electron chi connectivity index (χ3n) is 2.70. The lowest BCUT2D eigenvalue weighted by Crippen LogP contribution is -2.33. The lowest BCUT2D eigenvalue weighted by molar-refractivity contribution is -0.134. The van der Waals surface area contributed by atoms with E-state index >= 15 is 0 Å². The van der Waals surface area contributed by atoms with Crippen LogP contribution in [0, 0.1) is 0 Å². The van der Waals surface area contributed by atoms with Gasteiger partial charge in [0.1, 0.15) is 0 Å². The summed E-state index contributed by atoms with van der Waals surface area (Å²) < 4.78 is 4.53. The molecule has 1 aliphatic rings. The highest BCUT2D eigenvalue weighted by atomic mass is 16.5. The monoisotopic (exact) mass is 246 g/mol. The largest absolute Gasteiger partial charge is 0.466 e. The SMILES string of the molecule is COC(=O)C=CC1CNC(=O)N1c1ccccc1. The van der Waals surface area contributed by atoms with Gasteiger partial charge in [-0.25, -0.2) is 9.59 Å². The van der Waals surface area contributed by atoms with Crippen molar-refractivity contribution in [3.8, 4) is 0 Å². The van der Waals surface area contributed by atoms with Gasteiger partial charge in [-0.3, -0.25) is 4.90 Å². The highest BCUT2D eigenvalue weighted by Gasteiger charge is 2.29. The van der Waals surface area contributed by atoms with Crippen molar-refractivity contribution in [2.45, 2.75) is 6.04 Å². The average molecular weight is 246 g/mol. The van der Waals surface area contributed by atoms with E-state index < -0.39 is 5.97 Å². The third-order valence-corrected chi connectivity index (χ3v) is 2.70. The number of carbonyl (C=O) groups excluding carboxylic acids is 2. The van der Waals surface area contributed by atoms with Crippen LogP contribution in [0.2, 0.25) is 0 Å². The molecular weight excluding hydrogens is 232 g/mol. The van der Waals surface area contributed by atoms with Crippen LogP contribution in [-0.4, -0.2) is 31.7 Å². The molecule has 1 heterocycles. The first kappa shape index (κ1) is 12.2. The molecule has 1 aromatic rings. The minimum atomic E-state index is -0.428. The molecule has 1 unspecified atom stereocenters. The molecule has 5 heteroatoms. The highest BCUT2D eigenvalue weighted by molar-refractivity contribution is 5.95. The molecular formula is C13H14N2O3. The molecule has 1 aromatic carbocycles. The normalized spacial score (nSPS) is 19.1. The van der Waals surface area contributed by atoms with Gasteiger partial charge < -0.3 is 10.1 Å². The molecule has 0 radical (unpaired) electrons. The Bertz CT molecular complexity index is 470. The summed E-state index contributed by atoms with van der Waals surface area (Å²) in [4.78, 5) is 24.4. The van der Waals surface area contributed by atoms with Crippen molar-refractivity contribution in [1.82, 2.24) is 5.32 Å². The van der Waals surface area contributed by atoms with Crippen LogP contribution >= 0.6 is 0 Å². The lowest BCUT2D eigenvalue weighted by atomic mass is 10.2. The number of urea groups is 1. The molecule has 1 saturated heterocycles. The zero-order chi connectivity index (χ0) is 13.0. The Morgan fingerprint density at radius 1 is 1.44 bits per heavy atom. The molecule has 2 amide bonds. The van der Waals surface area contributed by atoms with Gasteiger partial charge >= 0.3 is 12.0 Å². The number of rotatable bonds is 3. The van der Waals surface area contributed by atoms with Gasteiger partial charge in [-0.15, -0.1) is 0 Å². The fourth-order valence-electron chi connectivity index (χ4n) is 1.83. The molecule has 1 atom stereocenters. The minimum absolute atomic E-state index is 0.166. The van der Waals surface area contributed by atoms with Crippen LogP contribution in [0.3, 0.4) is 0 Å². The summed E-state index contributed by atoms with van der Waals surface area (Å²) >= 11 is 0. The maximum absolute atomic E-state index is 11.8. The van der Waals surface area contributed by atoms with E-state index in [2.05, 4.69) is 10.1 Å². The van der Waals surface area contributed by atoms with Crippen LogP contribution in [0.4, 0.5) is 10.5 Å². The molecule has 0 saturated carbocycles. The number of methoxy groups -OCH3 is 1. The summed E-state index contributed by atoms with van der Waals surface area (Å²) in [6, 6.07) is 8.97. The molecule has 1 N–H and O–H groups in total. The Balaban J connectivity index is 2.18. The maximum atomic E-state index is 11.8. The summed E-state index contributed by atoms with van der Waals surface area (Å²) in [5.41, 5.74) is 0.798. The van der Waals surface area contributed by atoms with E-state index in [0.717, 1.165) is 5.69 Å². The zero-order valence-electron chi connectivity index (χ0n) is 10.00. The quantitative estimate of drug-likeness (QED) is 0.646. The minimum Gasteiger partial charge on any atom is -0.466 e. The van der Waals surface area contributed by atoms with Crippen molar-refractivity contribution in [2.75, 3.05) is 18.6 Å². The number of anilines is 1. The molecule has 5 nitrogen and oxygen atoms in total. The number of amides is 2. The van der Waals surface area contributed by atoms with Crippen LogP contribution in [0.25, 0.3) is 0 Å². The van der Waals surface area contributed by atoms with Gasteiger partial charge in [0.2, 0.25) is 0 Å². The standard InChI is InChI=1S/C13H14N2O3/c1-18-12(16)8-7-11-9-14-13(17)15(11)10-5-3-2-4-6-10/h2-8,11H,9H2,1H3,(H,14,17). The number of para-hydroxylation sites is 1. The summed E-state index contributed by atoms with van der Waals surface area (Å²) in [5.74, 6) is -0.428. The second-order valence-electron chi connectivity index (χ2n) is 3.84. The predicted molar refractivity (Wildman–Crippen MR) is 67.3 cm³/mol. The molecule has 0 bridgehead atoms. The Labute approximate surface area is 105 Å². The van der Waals surface area contributed by atoms with Gasteiger partial charge in [0.05, 0.1) is 13.2 Å². The van der Waals surface area contributed by atoms with Gasteiger partial charge in [0.15, 0.2) is 0 Å². The Kier molecular flexibility index (Phi) is 3.62. The summed E-state index contributed by atoms with van der Waals surface area (Å²) in [7, 11) is 1.32. The zero-order valence-corrected chi connectivity index (χ0v) is 10.00. The van der Waals surface area contributed by atoms with E-state index in [9.17, 15) is 9.59 Å². The van der Waals surface area contributed by atoms with Crippen LogP contribution in [-0.2, 0) is 9.53 Å². The molecule has 94 valence electrons. The van der Waals surface area contributed by atoms with Gasteiger partial charge in [-0.2, -0.15) is 0 Å². The number of nitrogens with one attached hydrogen (secondary N) is 1. The van der Waals surface area contributed by atoms with Crippen molar-refractivity contribution in [1.29, 1.82) is 0 Å². The molecule has 18 heavy (non-hydrogen) atoms. The van der Waals surface area contributed by atoms with E-state index in [1.54, 1.807) is 11.0 Å². The molecule has 0 aromatic heterocycles. The van der Waals surface area contributed by atoms with Crippen molar-refractivity contribution in [3.63, 3.8) is 0 Å². The summed E-state index contributed by atoms with van der Waals surface area (Å²) in [6.45, 7) is 0.473. The highest BCUT2D eigenvalue weighted by Crippen LogP contribution is 2.20. The Hall–Kier alpha value is -2.30. The Morgan fingerprint density at radius 2 is 2.17 bits per heavy atom. The first-order chi connectivity index (χ1) is 8.72. The van der Waals surface area contributed by atoms with Crippen LogP contribution < -0.4 is 10.2 Å². The van der Waals surface area contributed by atoms with Crippen molar-refractivity contribution < 1.29 is 14.3 Å². The van der Waals surface area contributed by atoms with Gasteiger partial charge in [0.25, 0.3) is 0 Å². The van der Waals surface area contributed by atoms with Gasteiger partial charge in [0, 0.05) is 18.3 Å². The molecule has 1 fully saturated rings. The number of benzene rings is 1. The van der Waals surface area contributed by atoms with E-state index in [4.69, 9.17) is 0 Å². The average Bonchev–Trinajstić information content (AvgIpc) is 2.78. The summed E-state index contributed by atoms with van der Waals surface area (Å²) in [5, 5.41) is 2.74. The van der Waals surface area contributed by atoms with Crippen LogP contribution in [0.5, 0.6) is 0 Å². The van der Waals surface area contributed by atoms with E-state index in [0.29, 0.717) is 6.54 Å². The number of nitrogens with zero attached hydrogens (tertiary/aromatic N) is 1. The molecule has 1 aliphatic heterocycles. The first-order valence-electron chi connectivity index (χ1n) is 5.60. The maximum Gasteiger partial charge on any atom is 0.330 e. The molecule has 0 aliphatic carbocycles. The van der Waals surface area contributed by atoms with Gasteiger partial charge in [-0.1, -0.05) is 24.3 Å². The number of ether oxygens (including phenoxy) is 1. The van der Waals surface area contributed by atoms with Crippen molar-refractivity contribution in [3.05, 3.63) is 42.5 Å². The smallest absolute Gasteiger partial charge is 0.330 e. The Morgan fingerprint density at radius 3 is 2.83 bits per heavy atom. The first-order valence-corrected chi connectivity index (χ1v) is 5.60. The second-order valence-corrected chi connectivity index (χ2v) is 3.84. The van der Waals surface area contributed by atoms with Crippen LogP contribution in [0.1, 0.15) is 0 Å². The lowest BCUT2D eigenvalue weighted by Gasteiger charge is -2.20.